The van der Waals surface area contributed by atoms with Crippen LogP contribution in [0.2, 0.25) is 5.02 Å². The van der Waals surface area contributed by atoms with Crippen LogP contribution in [0.5, 0.6) is 0 Å². The van der Waals surface area contributed by atoms with E-state index in [4.69, 9.17) is 11.6 Å². The van der Waals surface area contributed by atoms with E-state index in [2.05, 4.69) is 25.9 Å². The maximum atomic E-state index is 12.1. The van der Waals surface area contributed by atoms with Crippen molar-refractivity contribution in [3.63, 3.8) is 0 Å². The maximum Gasteiger partial charge on any atom is 0.249 e. The second-order valence-corrected chi connectivity index (χ2v) is 5.57. The molecule has 2 aromatic rings. The summed E-state index contributed by atoms with van der Waals surface area (Å²) in [6.07, 6.45) is -1.08. The fourth-order valence-electron chi connectivity index (χ4n) is 1.84. The Morgan fingerprint density at radius 2 is 2.19 bits per heavy atom. The van der Waals surface area contributed by atoms with E-state index in [0.29, 0.717) is 16.4 Å². The van der Waals surface area contributed by atoms with Crippen molar-refractivity contribution < 1.29 is 9.90 Å². The summed E-state index contributed by atoms with van der Waals surface area (Å²) in [5, 5.41) is 26.7. The largest absolute Gasteiger partial charge is 0.383 e. The molecule has 0 saturated carbocycles. The van der Waals surface area contributed by atoms with E-state index in [0.717, 1.165) is 0 Å². The molecule has 8 heteroatoms. The van der Waals surface area contributed by atoms with Crippen molar-refractivity contribution in [2.75, 3.05) is 0 Å². The van der Waals surface area contributed by atoms with Gasteiger partial charge in [0, 0.05) is 11.4 Å². The van der Waals surface area contributed by atoms with Crippen molar-refractivity contribution in [3.8, 4) is 0 Å². The highest BCUT2D eigenvalue weighted by Gasteiger charge is 2.30. The summed E-state index contributed by atoms with van der Waals surface area (Å²) >= 11 is 6.01. The van der Waals surface area contributed by atoms with E-state index >= 15 is 0 Å². The second-order valence-electron chi connectivity index (χ2n) is 5.16. The molecule has 2 rings (SSSR count). The number of carbonyl (C=O) groups excluding carboxylic acids is 1. The van der Waals surface area contributed by atoms with Gasteiger partial charge in [-0.25, -0.2) is 0 Å². The van der Waals surface area contributed by atoms with Crippen molar-refractivity contribution in [2.45, 2.75) is 31.9 Å². The van der Waals surface area contributed by atoms with E-state index in [1.54, 1.807) is 38.1 Å². The number of amides is 1. The number of H-pyrrole nitrogens is 1. The Kier molecular flexibility index (Phi) is 4.54. The summed E-state index contributed by atoms with van der Waals surface area (Å²) in [6, 6.07) is 7.07. The van der Waals surface area contributed by atoms with Crippen LogP contribution in [-0.2, 0) is 16.8 Å². The van der Waals surface area contributed by atoms with Crippen molar-refractivity contribution in [3.05, 3.63) is 40.7 Å². The summed E-state index contributed by atoms with van der Waals surface area (Å²) in [4.78, 5) is 12.1. The first-order valence-electron chi connectivity index (χ1n) is 6.37. The molecule has 0 spiro atoms. The highest BCUT2D eigenvalue weighted by atomic mass is 35.5. The molecule has 1 aromatic carbocycles. The lowest BCUT2D eigenvalue weighted by Crippen LogP contribution is -2.47. The monoisotopic (exact) mass is 309 g/mol. The number of carbonyl (C=O) groups is 1. The third-order valence-electron chi connectivity index (χ3n) is 3.01. The predicted molar refractivity (Wildman–Crippen MR) is 76.5 cm³/mol. The molecule has 3 N–H and O–H groups in total. The number of rotatable bonds is 5. The molecule has 1 unspecified atom stereocenters. The number of benzene rings is 1. The first-order chi connectivity index (χ1) is 9.90. The summed E-state index contributed by atoms with van der Waals surface area (Å²) in [5.74, 6) is -0.189. The number of nitrogens with one attached hydrogen (secondary N) is 2. The summed E-state index contributed by atoms with van der Waals surface area (Å²) in [7, 11) is 0. The lowest BCUT2D eigenvalue weighted by molar-refractivity contribution is -0.131. The van der Waals surface area contributed by atoms with Crippen LogP contribution in [0, 0.1) is 0 Å². The van der Waals surface area contributed by atoms with Crippen LogP contribution < -0.4 is 5.32 Å². The number of aliphatic hydroxyl groups is 1. The molecule has 0 saturated heterocycles. The summed E-state index contributed by atoms with van der Waals surface area (Å²) < 4.78 is 0. The van der Waals surface area contributed by atoms with E-state index < -0.39 is 17.6 Å². The van der Waals surface area contributed by atoms with Crippen molar-refractivity contribution in [2.24, 2.45) is 0 Å². The highest BCUT2D eigenvalue weighted by Crippen LogP contribution is 2.18. The normalized spacial score (nSPS) is 13.0. The zero-order valence-electron chi connectivity index (χ0n) is 11.7. The van der Waals surface area contributed by atoms with Gasteiger partial charge >= 0.3 is 0 Å². The van der Waals surface area contributed by atoms with Crippen LogP contribution in [-0.4, -0.2) is 37.7 Å². The minimum Gasteiger partial charge on any atom is -0.383 e. The van der Waals surface area contributed by atoms with Gasteiger partial charge in [-0.15, -0.1) is 10.2 Å². The van der Waals surface area contributed by atoms with Gasteiger partial charge < -0.3 is 10.4 Å². The molecule has 1 aromatic heterocycles. The van der Waals surface area contributed by atoms with E-state index in [1.807, 2.05) is 0 Å². The van der Waals surface area contributed by atoms with Crippen LogP contribution in [0.1, 0.15) is 25.2 Å². The van der Waals surface area contributed by atoms with Gasteiger partial charge in [0.05, 0.1) is 5.54 Å². The Morgan fingerprint density at radius 1 is 1.48 bits per heavy atom. The van der Waals surface area contributed by atoms with Gasteiger partial charge in [-0.05, 0) is 25.5 Å². The van der Waals surface area contributed by atoms with Gasteiger partial charge in [0.25, 0.3) is 0 Å². The molecular formula is C13H16ClN5O2. The Bertz CT molecular complexity index is 615. The molecule has 1 atom stereocenters. The van der Waals surface area contributed by atoms with Crippen LogP contribution in [0.3, 0.4) is 0 Å². The van der Waals surface area contributed by atoms with Crippen LogP contribution in [0.4, 0.5) is 0 Å². The number of nitrogens with zero attached hydrogens (tertiary/aromatic N) is 3. The Balaban J connectivity index is 2.02. The SMILES string of the molecule is CC(C)(NC(=O)C(O)Cc1ccccc1Cl)c1nn[nH]n1. The average Bonchev–Trinajstić information content (AvgIpc) is 2.95. The number of tetrazole rings is 1. The van der Waals surface area contributed by atoms with E-state index in [9.17, 15) is 9.90 Å². The lowest BCUT2D eigenvalue weighted by atomic mass is 10.0. The topological polar surface area (TPSA) is 104 Å². The number of aromatic amines is 1. The van der Waals surface area contributed by atoms with Crippen LogP contribution in [0.25, 0.3) is 0 Å². The first kappa shape index (κ1) is 15.4. The Morgan fingerprint density at radius 3 is 2.81 bits per heavy atom. The molecule has 0 aliphatic rings. The third-order valence-corrected chi connectivity index (χ3v) is 3.38. The fourth-order valence-corrected chi connectivity index (χ4v) is 2.05. The number of hydrogen-bond acceptors (Lipinski definition) is 5. The molecule has 0 aliphatic carbocycles. The van der Waals surface area contributed by atoms with Crippen molar-refractivity contribution >= 4 is 17.5 Å². The zero-order valence-corrected chi connectivity index (χ0v) is 12.4. The van der Waals surface area contributed by atoms with E-state index in [1.165, 1.54) is 0 Å². The van der Waals surface area contributed by atoms with Gasteiger partial charge in [-0.3, -0.25) is 4.79 Å². The molecule has 21 heavy (non-hydrogen) atoms. The van der Waals surface area contributed by atoms with Gasteiger partial charge in [0.1, 0.15) is 6.10 Å². The zero-order chi connectivity index (χ0) is 15.5. The Labute approximate surface area is 126 Å². The summed E-state index contributed by atoms with van der Waals surface area (Å²) in [6.45, 7) is 3.44. The molecule has 0 bridgehead atoms. The molecular weight excluding hydrogens is 294 g/mol. The quantitative estimate of drug-likeness (QED) is 0.758. The van der Waals surface area contributed by atoms with Crippen LogP contribution >= 0.6 is 11.6 Å². The highest BCUT2D eigenvalue weighted by molar-refractivity contribution is 6.31. The number of hydrogen-bond donors (Lipinski definition) is 3. The lowest BCUT2D eigenvalue weighted by Gasteiger charge is -2.24. The van der Waals surface area contributed by atoms with E-state index in [-0.39, 0.29) is 6.42 Å². The molecule has 0 fully saturated rings. The Hall–Kier alpha value is -1.99. The van der Waals surface area contributed by atoms with Gasteiger partial charge in [-0.1, -0.05) is 35.0 Å². The van der Waals surface area contributed by atoms with Crippen molar-refractivity contribution in [1.82, 2.24) is 25.9 Å². The molecule has 1 amide bonds. The average molecular weight is 310 g/mol. The summed E-state index contributed by atoms with van der Waals surface area (Å²) in [5.41, 5.74) is -0.134. The smallest absolute Gasteiger partial charge is 0.249 e. The standard InChI is InChI=1S/C13H16ClN5O2/c1-13(2,12-16-18-19-17-12)15-11(21)10(20)7-8-5-3-4-6-9(8)14/h3-6,10,20H,7H2,1-2H3,(H,15,21)(H,16,17,18,19). The molecule has 112 valence electrons. The molecule has 0 aliphatic heterocycles. The molecule has 1 heterocycles. The van der Waals surface area contributed by atoms with Crippen molar-refractivity contribution in [1.29, 1.82) is 0 Å². The maximum absolute atomic E-state index is 12.1. The minimum absolute atomic E-state index is 0.133. The number of halogens is 1. The van der Waals surface area contributed by atoms with Gasteiger partial charge in [0.2, 0.25) is 5.91 Å². The first-order valence-corrected chi connectivity index (χ1v) is 6.75. The van der Waals surface area contributed by atoms with Crippen LogP contribution in [0.15, 0.2) is 24.3 Å². The predicted octanol–water partition coefficient (Wildman–Crippen LogP) is 0.808. The second kappa shape index (κ2) is 6.19. The fraction of sp³-hybridized carbons (Fsp3) is 0.385. The molecule has 7 nitrogen and oxygen atoms in total. The number of aliphatic hydroxyl groups excluding tert-OH is 1. The number of aromatic nitrogens is 4. The third kappa shape index (κ3) is 3.77. The molecule has 0 radical (unpaired) electrons. The minimum atomic E-state index is -1.21. The van der Waals surface area contributed by atoms with Gasteiger partial charge in [0.15, 0.2) is 5.82 Å². The van der Waals surface area contributed by atoms with Gasteiger partial charge in [-0.2, -0.15) is 5.21 Å².